The molecule has 5 rings (SSSR count). The molecule has 11 heteroatoms. The molecule has 3 unspecified atom stereocenters. The molecule has 1 amide bonds. The molecule has 0 saturated carbocycles. The number of hydrogen-bond donors (Lipinski definition) is 1. The van der Waals surface area contributed by atoms with E-state index in [-0.39, 0.29) is 18.0 Å². The summed E-state index contributed by atoms with van der Waals surface area (Å²) in [5.41, 5.74) is 2.66. The van der Waals surface area contributed by atoms with Gasteiger partial charge in [0.1, 0.15) is 0 Å². The molecule has 2 aromatic rings. The van der Waals surface area contributed by atoms with Gasteiger partial charge in [-0.25, -0.2) is 0 Å². The van der Waals surface area contributed by atoms with Crippen molar-refractivity contribution in [1.82, 2.24) is 9.80 Å². The molecule has 2 saturated heterocycles. The summed E-state index contributed by atoms with van der Waals surface area (Å²) in [5, 5.41) is 11.1. The van der Waals surface area contributed by atoms with Crippen molar-refractivity contribution in [2.24, 2.45) is 4.99 Å². The zero-order chi connectivity index (χ0) is 31.4. The number of unbranched alkanes of at least 4 members (excludes halogenated alkanes) is 2. The first-order valence-electron chi connectivity index (χ1n) is 15.1. The summed E-state index contributed by atoms with van der Waals surface area (Å²) in [6.45, 7) is 8.39. The number of hydrogen-bond acceptors (Lipinski definition) is 10. The van der Waals surface area contributed by atoms with Crippen LogP contribution in [-0.4, -0.2) is 99.2 Å². The number of aliphatic hydroxyl groups is 1. The fourth-order valence-corrected chi connectivity index (χ4v) is 5.74. The van der Waals surface area contributed by atoms with Gasteiger partial charge in [-0.1, -0.05) is 6.58 Å². The van der Waals surface area contributed by atoms with E-state index in [1.165, 1.54) is 0 Å². The number of amides is 1. The summed E-state index contributed by atoms with van der Waals surface area (Å²) in [6, 6.07) is 6.87. The van der Waals surface area contributed by atoms with E-state index in [0.717, 1.165) is 44.9 Å². The Hall–Kier alpha value is -4.09. The molecule has 1 N–H and O–H groups in total. The standard InChI is InChI=1S/C33H42N4O7/c1-21(2)37-27-18-31(29(42-5)16-24(27)32(39)36-12-10-26(36)33(37)40)44-14-8-6-7-13-43-30-17-25(22(20-38)15-28(30)41-4)34-19-23-9-11-35(23)3/h15-20,23,26,33,40H,1,6-14H2,2-5H3. The third kappa shape index (κ3) is 6.25. The highest BCUT2D eigenvalue weighted by Crippen LogP contribution is 2.42. The summed E-state index contributed by atoms with van der Waals surface area (Å²) in [6.07, 6.45) is 5.93. The normalized spacial score (nSPS) is 21.1. The lowest BCUT2D eigenvalue weighted by Gasteiger charge is -2.44. The molecule has 0 aliphatic carbocycles. The van der Waals surface area contributed by atoms with E-state index < -0.39 is 6.23 Å². The number of methoxy groups -OCH3 is 2. The van der Waals surface area contributed by atoms with Crippen molar-refractivity contribution in [1.29, 1.82) is 0 Å². The maximum atomic E-state index is 13.3. The van der Waals surface area contributed by atoms with E-state index in [2.05, 4.69) is 16.5 Å². The van der Waals surface area contributed by atoms with Crippen molar-refractivity contribution < 1.29 is 33.6 Å². The first kappa shape index (κ1) is 31.3. The van der Waals surface area contributed by atoms with Gasteiger partial charge in [0.2, 0.25) is 0 Å². The Balaban J connectivity index is 1.17. The maximum absolute atomic E-state index is 13.3. The lowest BCUT2D eigenvalue weighted by atomic mass is 10.0. The van der Waals surface area contributed by atoms with Crippen molar-refractivity contribution in [3.05, 3.63) is 47.7 Å². The van der Waals surface area contributed by atoms with E-state index >= 15 is 0 Å². The molecule has 3 heterocycles. The van der Waals surface area contributed by atoms with E-state index in [9.17, 15) is 14.7 Å². The van der Waals surface area contributed by atoms with Crippen LogP contribution in [0, 0.1) is 0 Å². The van der Waals surface area contributed by atoms with Crippen LogP contribution in [0.4, 0.5) is 11.4 Å². The lowest BCUT2D eigenvalue weighted by Crippen LogP contribution is -2.59. The summed E-state index contributed by atoms with van der Waals surface area (Å²) >= 11 is 0. The van der Waals surface area contributed by atoms with Crippen LogP contribution in [0.1, 0.15) is 59.7 Å². The second-order valence-electron chi connectivity index (χ2n) is 11.4. The van der Waals surface area contributed by atoms with Crippen molar-refractivity contribution >= 4 is 29.8 Å². The highest BCUT2D eigenvalue weighted by Gasteiger charge is 2.45. The topological polar surface area (TPSA) is 113 Å². The predicted octanol–water partition coefficient (Wildman–Crippen LogP) is 4.44. The quantitative estimate of drug-likeness (QED) is 0.189. The number of rotatable bonds is 14. The Morgan fingerprint density at radius 1 is 1.00 bits per heavy atom. The molecule has 3 aliphatic rings. The van der Waals surface area contributed by atoms with Gasteiger partial charge in [0.15, 0.2) is 35.5 Å². The van der Waals surface area contributed by atoms with Crippen LogP contribution in [0.25, 0.3) is 0 Å². The number of ether oxygens (including phenoxy) is 4. The van der Waals surface area contributed by atoms with Gasteiger partial charge in [-0.15, -0.1) is 0 Å². The van der Waals surface area contributed by atoms with E-state index in [4.69, 9.17) is 18.9 Å². The maximum Gasteiger partial charge on any atom is 0.256 e. The number of aliphatic hydroxyl groups excluding tert-OH is 1. The SMILES string of the molecule is C=C(C)N1c2cc(OCCCCCOc3cc(N=CC4CCN4C)c(C=O)cc3OC)c(OC)cc2C(=O)N2CCC2C1O. The number of anilines is 1. The summed E-state index contributed by atoms with van der Waals surface area (Å²) in [5.74, 6) is 1.86. The molecule has 2 fully saturated rings. The van der Waals surface area contributed by atoms with Crippen molar-refractivity contribution in [3.8, 4) is 23.0 Å². The molecule has 0 radical (unpaired) electrons. The molecule has 0 bridgehead atoms. The molecule has 11 nitrogen and oxygen atoms in total. The van der Waals surface area contributed by atoms with Gasteiger partial charge in [-0.3, -0.25) is 19.5 Å². The Labute approximate surface area is 258 Å². The monoisotopic (exact) mass is 606 g/mol. The Morgan fingerprint density at radius 2 is 1.68 bits per heavy atom. The third-order valence-corrected chi connectivity index (χ3v) is 8.59. The van der Waals surface area contributed by atoms with Crippen LogP contribution >= 0.6 is 0 Å². The lowest BCUT2D eigenvalue weighted by molar-refractivity contribution is -0.00103. The smallest absolute Gasteiger partial charge is 0.256 e. The van der Waals surface area contributed by atoms with Gasteiger partial charge in [-0.2, -0.15) is 0 Å². The molecule has 236 valence electrons. The highest BCUT2D eigenvalue weighted by molar-refractivity contribution is 6.02. The van der Waals surface area contributed by atoms with Crippen LogP contribution in [0.15, 0.2) is 41.5 Å². The highest BCUT2D eigenvalue weighted by atomic mass is 16.5. The van der Waals surface area contributed by atoms with Gasteiger partial charge in [0.25, 0.3) is 5.91 Å². The Kier molecular flexibility index (Phi) is 9.75. The molecular weight excluding hydrogens is 564 g/mol. The van der Waals surface area contributed by atoms with Crippen molar-refractivity contribution in [2.45, 2.75) is 57.3 Å². The number of allylic oxidation sites excluding steroid dienone is 1. The minimum Gasteiger partial charge on any atom is -0.493 e. The predicted molar refractivity (Wildman–Crippen MR) is 168 cm³/mol. The first-order chi connectivity index (χ1) is 21.3. The minimum atomic E-state index is -0.881. The van der Waals surface area contributed by atoms with Gasteiger partial charge in [0.05, 0.1) is 50.4 Å². The van der Waals surface area contributed by atoms with Crippen LogP contribution in [-0.2, 0) is 0 Å². The van der Waals surface area contributed by atoms with Crippen LogP contribution < -0.4 is 23.8 Å². The molecule has 3 aliphatic heterocycles. The number of aldehydes is 1. The largest absolute Gasteiger partial charge is 0.493 e. The van der Waals surface area contributed by atoms with Crippen molar-refractivity contribution in [2.75, 3.05) is 52.5 Å². The molecule has 2 aromatic carbocycles. The van der Waals surface area contributed by atoms with E-state index in [0.29, 0.717) is 71.0 Å². The number of carbonyl (C=O) groups excluding carboxylic acids is 2. The third-order valence-electron chi connectivity index (χ3n) is 8.59. The van der Waals surface area contributed by atoms with Crippen LogP contribution in [0.5, 0.6) is 23.0 Å². The molecular formula is C33H42N4O7. The second kappa shape index (κ2) is 13.7. The number of aliphatic imine (C=N–C) groups is 1. The second-order valence-corrected chi connectivity index (χ2v) is 11.4. The fourth-order valence-electron chi connectivity index (χ4n) is 5.74. The number of nitrogens with zero attached hydrogens (tertiary/aromatic N) is 4. The van der Waals surface area contributed by atoms with Gasteiger partial charge in [0, 0.05) is 48.7 Å². The number of carbonyl (C=O) groups is 2. The van der Waals surface area contributed by atoms with Crippen LogP contribution in [0.3, 0.4) is 0 Å². The van der Waals surface area contributed by atoms with Crippen molar-refractivity contribution in [3.63, 3.8) is 0 Å². The zero-order valence-corrected chi connectivity index (χ0v) is 26.0. The number of likely N-dealkylation sites (tertiary alicyclic amines) is 1. The van der Waals surface area contributed by atoms with Crippen LogP contribution in [0.2, 0.25) is 0 Å². The van der Waals surface area contributed by atoms with Gasteiger partial charge >= 0.3 is 0 Å². The Bertz CT molecular complexity index is 1430. The fraction of sp³-hybridized carbons (Fsp3) is 0.485. The average molecular weight is 607 g/mol. The van der Waals surface area contributed by atoms with E-state index in [1.807, 2.05) is 20.2 Å². The average Bonchev–Trinajstić information content (AvgIpc) is 3.04. The molecule has 3 atom stereocenters. The van der Waals surface area contributed by atoms with E-state index in [1.54, 1.807) is 48.3 Å². The summed E-state index contributed by atoms with van der Waals surface area (Å²) in [7, 11) is 5.14. The Morgan fingerprint density at radius 3 is 2.23 bits per heavy atom. The number of benzene rings is 2. The zero-order valence-electron chi connectivity index (χ0n) is 26.0. The van der Waals surface area contributed by atoms with Gasteiger partial charge in [-0.05, 0) is 58.2 Å². The summed E-state index contributed by atoms with van der Waals surface area (Å²) in [4.78, 5) is 35.1. The minimum absolute atomic E-state index is 0.133. The first-order valence-corrected chi connectivity index (χ1v) is 15.1. The number of fused-ring (bicyclic) bond motifs is 2. The molecule has 0 aromatic heterocycles. The van der Waals surface area contributed by atoms with Gasteiger partial charge < -0.3 is 33.9 Å². The molecule has 0 spiro atoms. The summed E-state index contributed by atoms with van der Waals surface area (Å²) < 4.78 is 23.2. The molecule has 44 heavy (non-hydrogen) atoms.